The van der Waals surface area contributed by atoms with Crippen molar-refractivity contribution in [3.8, 4) is 23.0 Å². The SMILES string of the molecule is O[C@H]1OC[C@H](Cc2ccc3c(c2)OCO3)[C@H]1Cc1ccc2c(c1)OCO2. The highest BCUT2D eigenvalue weighted by Gasteiger charge is 2.36. The second kappa shape index (κ2) is 6.37. The van der Waals surface area contributed by atoms with Gasteiger partial charge in [0.05, 0.1) is 6.61 Å². The summed E-state index contributed by atoms with van der Waals surface area (Å²) in [7, 11) is 0. The molecule has 0 aliphatic carbocycles. The molecule has 0 amide bonds. The predicted molar refractivity (Wildman–Crippen MR) is 91.5 cm³/mol. The van der Waals surface area contributed by atoms with Crippen molar-refractivity contribution in [3.63, 3.8) is 0 Å². The van der Waals surface area contributed by atoms with Crippen molar-refractivity contribution in [2.24, 2.45) is 11.8 Å². The number of aliphatic hydroxyl groups excluding tert-OH is 1. The van der Waals surface area contributed by atoms with Gasteiger partial charge in [0.2, 0.25) is 13.6 Å². The monoisotopic (exact) mass is 356 g/mol. The van der Waals surface area contributed by atoms with Crippen molar-refractivity contribution in [3.05, 3.63) is 47.5 Å². The molecule has 0 aromatic heterocycles. The highest BCUT2D eigenvalue weighted by molar-refractivity contribution is 5.45. The Hall–Kier alpha value is -2.44. The van der Waals surface area contributed by atoms with Crippen molar-refractivity contribution in [1.82, 2.24) is 0 Å². The van der Waals surface area contributed by atoms with E-state index in [0.29, 0.717) is 6.61 Å². The molecule has 1 fully saturated rings. The average Bonchev–Trinajstić information content (AvgIpc) is 3.37. The van der Waals surface area contributed by atoms with Gasteiger partial charge in [-0.15, -0.1) is 0 Å². The molecule has 6 heteroatoms. The van der Waals surface area contributed by atoms with Gasteiger partial charge in [-0.05, 0) is 54.2 Å². The third kappa shape index (κ3) is 2.85. The minimum Gasteiger partial charge on any atom is -0.454 e. The van der Waals surface area contributed by atoms with Gasteiger partial charge >= 0.3 is 0 Å². The molecule has 0 bridgehead atoms. The molecule has 136 valence electrons. The molecule has 1 saturated heterocycles. The van der Waals surface area contributed by atoms with Crippen LogP contribution in [0.4, 0.5) is 0 Å². The summed E-state index contributed by atoms with van der Waals surface area (Å²) < 4.78 is 27.2. The van der Waals surface area contributed by atoms with Crippen LogP contribution in [0.5, 0.6) is 23.0 Å². The number of hydrogen-bond donors (Lipinski definition) is 1. The molecule has 2 aromatic rings. The zero-order valence-corrected chi connectivity index (χ0v) is 14.2. The molecular formula is C20H20O6. The zero-order chi connectivity index (χ0) is 17.5. The Morgan fingerprint density at radius 1 is 0.769 bits per heavy atom. The number of aliphatic hydroxyl groups is 1. The minimum atomic E-state index is -0.751. The van der Waals surface area contributed by atoms with E-state index in [-0.39, 0.29) is 25.4 Å². The Bertz CT molecular complexity index is 820. The third-order valence-corrected chi connectivity index (χ3v) is 5.30. The quantitative estimate of drug-likeness (QED) is 0.908. The highest BCUT2D eigenvalue weighted by Crippen LogP contribution is 2.38. The molecule has 5 rings (SSSR count). The smallest absolute Gasteiger partial charge is 0.231 e. The van der Waals surface area contributed by atoms with Gasteiger partial charge in [0.1, 0.15) is 0 Å². The first-order valence-corrected chi connectivity index (χ1v) is 8.83. The van der Waals surface area contributed by atoms with Crippen LogP contribution in [0.25, 0.3) is 0 Å². The Labute approximate surface area is 151 Å². The summed E-state index contributed by atoms with van der Waals surface area (Å²) in [5.74, 6) is 3.37. The van der Waals surface area contributed by atoms with Crippen LogP contribution in [0.3, 0.4) is 0 Å². The molecule has 3 heterocycles. The summed E-state index contributed by atoms with van der Waals surface area (Å²) in [6.45, 7) is 1.09. The normalized spacial score (nSPS) is 25.7. The Morgan fingerprint density at radius 2 is 1.35 bits per heavy atom. The van der Waals surface area contributed by atoms with Crippen molar-refractivity contribution in [1.29, 1.82) is 0 Å². The van der Waals surface area contributed by atoms with E-state index in [9.17, 15) is 5.11 Å². The van der Waals surface area contributed by atoms with Gasteiger partial charge < -0.3 is 28.8 Å². The minimum absolute atomic E-state index is 0.0285. The molecule has 3 aliphatic heterocycles. The topological polar surface area (TPSA) is 66.4 Å². The maximum Gasteiger partial charge on any atom is 0.231 e. The molecule has 3 atom stereocenters. The molecule has 0 radical (unpaired) electrons. The highest BCUT2D eigenvalue weighted by atomic mass is 16.7. The standard InChI is InChI=1S/C20H20O6/c21-20-15(6-13-2-4-17-19(8-13)26-11-24-17)14(9-22-20)5-12-1-3-16-18(7-12)25-10-23-16/h1-4,7-8,14-15,20-21H,5-6,9-11H2/t14-,15+,20-/m0/s1. The Kier molecular flexibility index (Phi) is 3.87. The van der Waals surface area contributed by atoms with Crippen LogP contribution >= 0.6 is 0 Å². The van der Waals surface area contributed by atoms with Crippen LogP contribution in [0.1, 0.15) is 11.1 Å². The molecule has 0 unspecified atom stereocenters. The van der Waals surface area contributed by atoms with Crippen molar-refractivity contribution in [2.45, 2.75) is 19.1 Å². The Morgan fingerprint density at radius 3 is 2.00 bits per heavy atom. The lowest BCUT2D eigenvalue weighted by atomic mass is 9.84. The van der Waals surface area contributed by atoms with Crippen LogP contribution in [-0.2, 0) is 17.6 Å². The van der Waals surface area contributed by atoms with Gasteiger partial charge in [-0.2, -0.15) is 0 Å². The van der Waals surface area contributed by atoms with E-state index in [0.717, 1.165) is 47.0 Å². The summed E-state index contributed by atoms with van der Waals surface area (Å²) in [5.41, 5.74) is 2.27. The maximum absolute atomic E-state index is 10.3. The molecule has 26 heavy (non-hydrogen) atoms. The fraction of sp³-hybridized carbons (Fsp3) is 0.400. The zero-order valence-electron chi connectivity index (χ0n) is 14.2. The van der Waals surface area contributed by atoms with Crippen LogP contribution in [-0.4, -0.2) is 31.6 Å². The number of ether oxygens (including phenoxy) is 5. The van der Waals surface area contributed by atoms with E-state index < -0.39 is 6.29 Å². The van der Waals surface area contributed by atoms with E-state index >= 15 is 0 Å². The molecule has 3 aliphatic rings. The lowest BCUT2D eigenvalue weighted by Crippen LogP contribution is -2.24. The van der Waals surface area contributed by atoms with E-state index in [1.165, 1.54) is 0 Å². The first-order chi connectivity index (χ1) is 12.8. The molecule has 2 aromatic carbocycles. The van der Waals surface area contributed by atoms with E-state index in [4.69, 9.17) is 23.7 Å². The second-order valence-corrected chi connectivity index (χ2v) is 6.93. The second-order valence-electron chi connectivity index (χ2n) is 6.93. The molecule has 1 N–H and O–H groups in total. The summed E-state index contributed by atoms with van der Waals surface area (Å²) in [4.78, 5) is 0. The largest absolute Gasteiger partial charge is 0.454 e. The summed E-state index contributed by atoms with van der Waals surface area (Å²) in [6.07, 6.45) is 0.801. The van der Waals surface area contributed by atoms with Gasteiger partial charge in [-0.1, -0.05) is 12.1 Å². The predicted octanol–water partition coefficient (Wildman–Crippen LogP) is 2.51. The van der Waals surface area contributed by atoms with Crippen LogP contribution in [0.2, 0.25) is 0 Å². The molecule has 0 spiro atoms. The Balaban J connectivity index is 1.32. The molecular weight excluding hydrogens is 336 g/mol. The summed E-state index contributed by atoms with van der Waals surface area (Å²) >= 11 is 0. The average molecular weight is 356 g/mol. The lowest BCUT2D eigenvalue weighted by Gasteiger charge is -2.20. The first-order valence-electron chi connectivity index (χ1n) is 8.83. The number of hydrogen-bond acceptors (Lipinski definition) is 6. The first kappa shape index (κ1) is 15.8. The molecule has 6 nitrogen and oxygen atoms in total. The van der Waals surface area contributed by atoms with Crippen molar-refractivity contribution in [2.75, 3.05) is 20.2 Å². The lowest BCUT2D eigenvalue weighted by molar-refractivity contribution is -0.0820. The third-order valence-electron chi connectivity index (χ3n) is 5.30. The van der Waals surface area contributed by atoms with Crippen molar-refractivity contribution < 1.29 is 28.8 Å². The molecule has 0 saturated carbocycles. The van der Waals surface area contributed by atoms with Crippen LogP contribution in [0, 0.1) is 11.8 Å². The fourth-order valence-electron chi connectivity index (χ4n) is 3.89. The fourth-order valence-corrected chi connectivity index (χ4v) is 3.89. The van der Waals surface area contributed by atoms with E-state index in [2.05, 4.69) is 6.07 Å². The van der Waals surface area contributed by atoms with Crippen LogP contribution in [0.15, 0.2) is 36.4 Å². The van der Waals surface area contributed by atoms with Gasteiger partial charge in [0.15, 0.2) is 29.3 Å². The maximum atomic E-state index is 10.3. The van der Waals surface area contributed by atoms with Gasteiger partial charge in [0, 0.05) is 5.92 Å². The summed E-state index contributed by atoms with van der Waals surface area (Å²) in [6, 6.07) is 11.9. The van der Waals surface area contributed by atoms with Crippen LogP contribution < -0.4 is 18.9 Å². The summed E-state index contributed by atoms with van der Waals surface area (Å²) in [5, 5.41) is 10.3. The van der Waals surface area contributed by atoms with Gasteiger partial charge in [-0.25, -0.2) is 0 Å². The van der Waals surface area contributed by atoms with Crippen molar-refractivity contribution >= 4 is 0 Å². The number of rotatable bonds is 4. The van der Waals surface area contributed by atoms with E-state index in [1.807, 2.05) is 30.3 Å². The van der Waals surface area contributed by atoms with E-state index in [1.54, 1.807) is 0 Å². The number of fused-ring (bicyclic) bond motifs is 2. The van der Waals surface area contributed by atoms with Gasteiger partial charge in [-0.3, -0.25) is 0 Å². The van der Waals surface area contributed by atoms with Gasteiger partial charge in [0.25, 0.3) is 0 Å². The number of benzene rings is 2.